The Morgan fingerprint density at radius 3 is 2.73 bits per heavy atom. The van der Waals surface area contributed by atoms with Gasteiger partial charge < -0.3 is 10.0 Å². The van der Waals surface area contributed by atoms with Crippen LogP contribution in [0.2, 0.25) is 0 Å². The van der Waals surface area contributed by atoms with Gasteiger partial charge >= 0.3 is 0 Å². The highest BCUT2D eigenvalue weighted by atomic mass is 16.3. The van der Waals surface area contributed by atoms with Gasteiger partial charge in [0, 0.05) is 26.2 Å². The second-order valence-electron chi connectivity index (χ2n) is 7.10. The molecule has 152 valence electrons. The van der Waals surface area contributed by atoms with Crippen molar-refractivity contribution in [2.24, 2.45) is 0 Å². The van der Waals surface area contributed by atoms with E-state index < -0.39 is 23.1 Å². The summed E-state index contributed by atoms with van der Waals surface area (Å²) < 4.78 is 3.24. The molecule has 0 bridgehead atoms. The number of hydrogen-bond donors (Lipinski definition) is 1. The minimum Gasteiger partial charge on any atom is -0.502 e. The summed E-state index contributed by atoms with van der Waals surface area (Å²) in [6, 6.07) is 10.8. The highest BCUT2D eigenvalue weighted by Gasteiger charge is 2.38. The maximum absolute atomic E-state index is 12.7. The minimum absolute atomic E-state index is 0.111. The highest BCUT2D eigenvalue weighted by Crippen LogP contribution is 2.35. The van der Waals surface area contributed by atoms with E-state index in [1.165, 1.54) is 9.58 Å². The van der Waals surface area contributed by atoms with E-state index in [2.05, 4.69) is 22.0 Å². The van der Waals surface area contributed by atoms with Crippen LogP contribution in [-0.4, -0.2) is 49.1 Å². The molecule has 2 aromatic heterocycles. The summed E-state index contributed by atoms with van der Waals surface area (Å²) in [5.74, 6) is 5.00. The molecule has 0 spiro atoms. The topological polar surface area (TPSA) is 93.3 Å². The van der Waals surface area contributed by atoms with Crippen molar-refractivity contribution < 1.29 is 9.90 Å². The smallest absolute Gasteiger partial charge is 0.275 e. The number of hydrogen-bond acceptors (Lipinski definition) is 5. The van der Waals surface area contributed by atoms with E-state index in [0.29, 0.717) is 12.2 Å². The van der Waals surface area contributed by atoms with E-state index in [0.717, 1.165) is 18.2 Å². The molecule has 2 atom stereocenters. The molecule has 0 fully saturated rings. The molecule has 0 radical (unpaired) electrons. The van der Waals surface area contributed by atoms with Crippen LogP contribution >= 0.6 is 0 Å². The van der Waals surface area contributed by atoms with Gasteiger partial charge in [-0.15, -0.1) is 0 Å². The lowest BCUT2D eigenvalue weighted by Gasteiger charge is -2.37. The van der Waals surface area contributed by atoms with E-state index in [9.17, 15) is 14.7 Å². The standard InChI is InChI=1S/C22H21N5O3/c1-3-4-10-16-11-12-26(24-16)19(15-8-6-5-7-9-15)17-14-25(2)22(30)20-21(29)18(28)13-23-27(17)20/h5-9,11-13,17,19,29H,3,14H2,1-2H3/t17?,19-/m0/s1. The average Bonchev–Trinajstić information content (AvgIpc) is 3.21. The molecule has 1 unspecified atom stereocenters. The van der Waals surface area contributed by atoms with Crippen LogP contribution in [0, 0.1) is 11.8 Å². The first-order valence-electron chi connectivity index (χ1n) is 9.66. The van der Waals surface area contributed by atoms with Crippen molar-refractivity contribution in [1.82, 2.24) is 24.5 Å². The monoisotopic (exact) mass is 403 g/mol. The predicted octanol–water partition coefficient (Wildman–Crippen LogP) is 1.82. The number of likely N-dealkylation sites (N-methyl/N-ethyl adjacent to an activating group) is 1. The molecule has 1 aromatic carbocycles. The van der Waals surface area contributed by atoms with Crippen LogP contribution < -0.4 is 5.43 Å². The predicted molar refractivity (Wildman–Crippen MR) is 110 cm³/mol. The highest BCUT2D eigenvalue weighted by molar-refractivity contribution is 5.95. The summed E-state index contributed by atoms with van der Waals surface area (Å²) in [6.07, 6.45) is 3.61. The molecule has 30 heavy (non-hydrogen) atoms. The van der Waals surface area contributed by atoms with E-state index in [1.807, 2.05) is 49.5 Å². The molecule has 1 amide bonds. The Hall–Kier alpha value is -3.86. The summed E-state index contributed by atoms with van der Waals surface area (Å²) >= 11 is 0. The summed E-state index contributed by atoms with van der Waals surface area (Å²) in [5.41, 5.74) is 0.805. The molecular formula is C22H21N5O3. The van der Waals surface area contributed by atoms with Gasteiger partial charge in [-0.25, -0.2) is 4.68 Å². The van der Waals surface area contributed by atoms with Crippen LogP contribution in [0.1, 0.15) is 47.2 Å². The molecular weight excluding hydrogens is 382 g/mol. The van der Waals surface area contributed by atoms with Crippen LogP contribution in [0.15, 0.2) is 53.6 Å². The number of rotatable bonds is 3. The second kappa shape index (κ2) is 7.87. The lowest BCUT2D eigenvalue weighted by molar-refractivity contribution is 0.0667. The molecule has 0 aliphatic carbocycles. The number of benzene rings is 1. The number of fused-ring (bicyclic) bond motifs is 1. The van der Waals surface area contributed by atoms with Crippen molar-refractivity contribution >= 4 is 5.91 Å². The van der Waals surface area contributed by atoms with Crippen LogP contribution in [0.25, 0.3) is 0 Å². The Balaban J connectivity index is 1.90. The SMILES string of the molecule is CCC#Cc1ccn([C@@H](c2ccccc2)C2CN(C)C(=O)c3c(O)c(=O)cnn32)n1. The van der Waals surface area contributed by atoms with Crippen molar-refractivity contribution in [3.8, 4) is 17.6 Å². The van der Waals surface area contributed by atoms with Crippen LogP contribution in [0.4, 0.5) is 0 Å². The molecule has 1 N–H and O–H groups in total. The molecule has 1 aliphatic heterocycles. The fourth-order valence-electron chi connectivity index (χ4n) is 3.70. The molecule has 3 aromatic rings. The molecule has 0 saturated carbocycles. The minimum atomic E-state index is -0.684. The Morgan fingerprint density at radius 1 is 1.23 bits per heavy atom. The molecule has 8 nitrogen and oxygen atoms in total. The summed E-state index contributed by atoms with van der Waals surface area (Å²) in [4.78, 5) is 26.1. The van der Waals surface area contributed by atoms with E-state index in [4.69, 9.17) is 0 Å². The number of carbonyl (C=O) groups excluding carboxylic acids is 1. The van der Waals surface area contributed by atoms with Gasteiger partial charge in [-0.3, -0.25) is 14.3 Å². The largest absolute Gasteiger partial charge is 0.502 e. The summed E-state index contributed by atoms with van der Waals surface area (Å²) in [7, 11) is 1.64. The maximum Gasteiger partial charge on any atom is 0.275 e. The van der Waals surface area contributed by atoms with Crippen LogP contribution in [0.3, 0.4) is 0 Å². The summed E-state index contributed by atoms with van der Waals surface area (Å²) in [5, 5.41) is 19.1. The fourth-order valence-corrected chi connectivity index (χ4v) is 3.70. The van der Waals surface area contributed by atoms with Gasteiger partial charge in [-0.05, 0) is 17.6 Å². The normalized spacial score (nSPS) is 16.5. The molecule has 0 saturated heterocycles. The Kier molecular flexibility index (Phi) is 5.11. The van der Waals surface area contributed by atoms with Gasteiger partial charge in [0.1, 0.15) is 11.7 Å². The van der Waals surface area contributed by atoms with Crippen molar-refractivity contribution in [3.05, 3.63) is 76.0 Å². The van der Waals surface area contributed by atoms with Gasteiger partial charge in [0.15, 0.2) is 11.4 Å². The molecule has 8 heteroatoms. The number of nitrogens with zero attached hydrogens (tertiary/aromatic N) is 5. The van der Waals surface area contributed by atoms with Crippen LogP contribution in [0.5, 0.6) is 5.75 Å². The Labute approximate surface area is 173 Å². The zero-order valence-electron chi connectivity index (χ0n) is 16.7. The maximum atomic E-state index is 12.7. The number of aromatic nitrogens is 4. The number of carbonyl (C=O) groups is 1. The number of amides is 1. The van der Waals surface area contributed by atoms with E-state index in [-0.39, 0.29) is 11.7 Å². The Morgan fingerprint density at radius 2 is 2.00 bits per heavy atom. The first-order chi connectivity index (χ1) is 14.5. The van der Waals surface area contributed by atoms with Crippen LogP contribution in [-0.2, 0) is 0 Å². The molecule has 4 rings (SSSR count). The average molecular weight is 403 g/mol. The lowest BCUT2D eigenvalue weighted by Crippen LogP contribution is -2.46. The number of aromatic hydroxyl groups is 1. The van der Waals surface area contributed by atoms with Gasteiger partial charge in [-0.2, -0.15) is 10.2 Å². The summed E-state index contributed by atoms with van der Waals surface area (Å²) in [6.45, 7) is 2.30. The fraction of sp³-hybridized carbons (Fsp3) is 0.273. The second-order valence-corrected chi connectivity index (χ2v) is 7.10. The first kappa shape index (κ1) is 19.5. The van der Waals surface area contributed by atoms with Crippen molar-refractivity contribution in [3.63, 3.8) is 0 Å². The van der Waals surface area contributed by atoms with Gasteiger partial charge in [-0.1, -0.05) is 43.2 Å². The zero-order chi connectivity index (χ0) is 21.3. The van der Waals surface area contributed by atoms with Crippen molar-refractivity contribution in [2.45, 2.75) is 25.4 Å². The Bertz CT molecular complexity index is 1200. The zero-order valence-corrected chi connectivity index (χ0v) is 16.7. The molecule has 1 aliphatic rings. The van der Waals surface area contributed by atoms with Gasteiger partial charge in [0.2, 0.25) is 5.43 Å². The third kappa shape index (κ3) is 3.35. The third-order valence-corrected chi connectivity index (χ3v) is 5.10. The van der Waals surface area contributed by atoms with Crippen molar-refractivity contribution in [2.75, 3.05) is 13.6 Å². The quantitative estimate of drug-likeness (QED) is 0.674. The van der Waals surface area contributed by atoms with Crippen molar-refractivity contribution in [1.29, 1.82) is 0 Å². The third-order valence-electron chi connectivity index (χ3n) is 5.10. The van der Waals surface area contributed by atoms with E-state index >= 15 is 0 Å². The lowest BCUT2D eigenvalue weighted by atomic mass is 9.97. The van der Waals surface area contributed by atoms with Gasteiger partial charge in [0.25, 0.3) is 5.91 Å². The van der Waals surface area contributed by atoms with E-state index in [1.54, 1.807) is 11.7 Å². The molecule has 3 heterocycles. The first-order valence-corrected chi connectivity index (χ1v) is 9.66. The van der Waals surface area contributed by atoms with Gasteiger partial charge in [0.05, 0.1) is 12.2 Å².